The Hall–Kier alpha value is -4.40. The molecule has 206 valence electrons. The van der Waals surface area contributed by atoms with Crippen LogP contribution in [0.5, 0.6) is 0 Å². The maximum Gasteiger partial charge on any atom is 0.490 e. The number of aliphatic hydroxyl groups is 1. The van der Waals surface area contributed by atoms with Crippen LogP contribution in [0.4, 0.5) is 48.5 Å². The smallest absolute Gasteiger partial charge is 0.475 e. The Morgan fingerprint density at radius 2 is 1.69 bits per heavy atom. The Bertz CT molecular complexity index is 1370. The lowest BCUT2D eigenvalue weighted by Gasteiger charge is -2.36. The summed E-state index contributed by atoms with van der Waals surface area (Å²) in [5, 5.41) is 20.4. The van der Waals surface area contributed by atoms with Crippen LogP contribution in [-0.2, 0) is 11.0 Å². The quantitative estimate of drug-likeness (QED) is 0.401. The van der Waals surface area contributed by atoms with Gasteiger partial charge in [-0.1, -0.05) is 18.2 Å². The van der Waals surface area contributed by atoms with Gasteiger partial charge in [0.25, 0.3) is 0 Å². The van der Waals surface area contributed by atoms with E-state index >= 15 is 0 Å². The number of aliphatic hydroxyl groups excluding tert-OH is 1. The van der Waals surface area contributed by atoms with E-state index in [1.54, 1.807) is 30.3 Å². The van der Waals surface area contributed by atoms with Crippen molar-refractivity contribution in [2.24, 2.45) is 0 Å². The van der Waals surface area contributed by atoms with Gasteiger partial charge in [-0.3, -0.25) is 10.2 Å². The summed E-state index contributed by atoms with van der Waals surface area (Å²) in [5.41, 5.74) is 0.423. The molecule has 3 N–H and O–H groups in total. The summed E-state index contributed by atoms with van der Waals surface area (Å²) in [6.07, 6.45) is -8.82. The fraction of sp³-hybridized carbons (Fsp3) is 0.250. The number of aromatic nitrogens is 2. The molecule has 0 aliphatic carbocycles. The molecule has 2 bridgehead atoms. The number of hydrogen-bond donors (Lipinski definition) is 3. The summed E-state index contributed by atoms with van der Waals surface area (Å²) in [7, 11) is 0. The first-order chi connectivity index (χ1) is 18.3. The molecule has 4 heterocycles. The molecule has 1 aromatic carbocycles. The van der Waals surface area contributed by atoms with Gasteiger partial charge in [0.2, 0.25) is 0 Å². The summed E-state index contributed by atoms with van der Waals surface area (Å²) in [6.45, 7) is 0.754. The fourth-order valence-electron chi connectivity index (χ4n) is 4.11. The van der Waals surface area contributed by atoms with E-state index in [2.05, 4.69) is 15.3 Å². The summed E-state index contributed by atoms with van der Waals surface area (Å²) in [6, 6.07) is 12.2. The van der Waals surface area contributed by atoms with Crippen molar-refractivity contribution in [1.82, 2.24) is 9.97 Å². The SMILES string of the molecule is O=C(Nc1ccccn1)N1c2nc(-c3cccc(C(F)(F)F)c3)ccc2N2C[C@@H](O)[C@H]1C2.O=C(O)C(F)(F)F. The molecule has 39 heavy (non-hydrogen) atoms. The van der Waals surface area contributed by atoms with Crippen LogP contribution in [0.2, 0.25) is 0 Å². The van der Waals surface area contributed by atoms with Crippen molar-refractivity contribution >= 4 is 29.3 Å². The molecule has 2 amide bonds. The number of nitrogens with zero attached hydrogens (tertiary/aromatic N) is 4. The highest BCUT2D eigenvalue weighted by Gasteiger charge is 2.45. The summed E-state index contributed by atoms with van der Waals surface area (Å²) >= 11 is 0. The van der Waals surface area contributed by atoms with Gasteiger partial charge in [0.15, 0.2) is 5.82 Å². The summed E-state index contributed by atoms with van der Waals surface area (Å²) in [4.78, 5) is 34.0. The number of carboxylic acids is 1. The van der Waals surface area contributed by atoms with Gasteiger partial charge in [-0.05, 0) is 36.4 Å². The molecule has 0 radical (unpaired) electrons. The Kier molecular flexibility index (Phi) is 7.37. The first-order valence-electron chi connectivity index (χ1n) is 11.2. The Morgan fingerprint density at radius 3 is 2.31 bits per heavy atom. The number of rotatable bonds is 2. The minimum atomic E-state index is -5.08. The fourth-order valence-corrected chi connectivity index (χ4v) is 4.11. The first-order valence-corrected chi connectivity index (χ1v) is 11.2. The van der Waals surface area contributed by atoms with Crippen molar-refractivity contribution in [3.8, 4) is 11.3 Å². The van der Waals surface area contributed by atoms with Crippen molar-refractivity contribution in [3.05, 3.63) is 66.4 Å². The number of urea groups is 1. The predicted molar refractivity (Wildman–Crippen MR) is 126 cm³/mol. The van der Waals surface area contributed by atoms with Crippen molar-refractivity contribution in [3.63, 3.8) is 0 Å². The molecule has 0 unspecified atom stereocenters. The molecule has 0 saturated carbocycles. The molecule has 5 rings (SSSR count). The molecule has 2 aliphatic heterocycles. The minimum absolute atomic E-state index is 0.279. The number of hydrogen-bond acceptors (Lipinski definition) is 6. The molecule has 1 saturated heterocycles. The van der Waals surface area contributed by atoms with E-state index < -0.39 is 42.1 Å². The third-order valence-corrected chi connectivity index (χ3v) is 5.86. The monoisotopic (exact) mass is 555 g/mol. The second kappa shape index (κ2) is 10.4. The van der Waals surface area contributed by atoms with Crippen LogP contribution in [0.25, 0.3) is 11.3 Å². The highest BCUT2D eigenvalue weighted by Crippen LogP contribution is 2.41. The molecule has 15 heteroatoms. The number of amides is 2. The van der Waals surface area contributed by atoms with Crippen molar-refractivity contribution in [2.45, 2.75) is 24.5 Å². The van der Waals surface area contributed by atoms with Crippen LogP contribution < -0.4 is 15.1 Å². The van der Waals surface area contributed by atoms with E-state index in [1.807, 2.05) is 4.90 Å². The molecule has 1 fully saturated rings. The highest BCUT2D eigenvalue weighted by atomic mass is 19.4. The van der Waals surface area contributed by atoms with E-state index in [1.165, 1.54) is 23.2 Å². The van der Waals surface area contributed by atoms with Gasteiger partial charge in [-0.25, -0.2) is 19.6 Å². The molecule has 0 spiro atoms. The standard InChI is InChI=1S/C22H18F3N5O2.C2HF3O2/c23-22(24,25)14-5-3-4-13(10-14)15-7-8-16-20(27-15)30(17-11-29(16)12-18(17)31)21(32)28-19-6-1-2-9-26-19;3-2(4,5)1(6)7/h1-10,17-18,31H,11-12H2,(H,26,28,32);(H,6,7)/t17-,18-;/m1./s1. The van der Waals surface area contributed by atoms with Crippen molar-refractivity contribution in [1.29, 1.82) is 0 Å². The first kappa shape index (κ1) is 27.6. The van der Waals surface area contributed by atoms with Gasteiger partial charge in [0.05, 0.1) is 29.1 Å². The molecule has 3 aromatic rings. The van der Waals surface area contributed by atoms with Gasteiger partial charge in [-0.15, -0.1) is 0 Å². The van der Waals surface area contributed by atoms with E-state index in [0.29, 0.717) is 30.3 Å². The molecular formula is C24H19F6N5O4. The van der Waals surface area contributed by atoms with Crippen LogP contribution in [0, 0.1) is 0 Å². The number of benzene rings is 1. The van der Waals surface area contributed by atoms with Gasteiger partial charge >= 0.3 is 24.4 Å². The number of carbonyl (C=O) groups excluding carboxylic acids is 1. The Balaban J connectivity index is 0.000000448. The number of anilines is 3. The number of aliphatic carboxylic acids is 1. The number of halogens is 6. The average molecular weight is 555 g/mol. The number of carbonyl (C=O) groups is 2. The number of pyridine rings is 2. The van der Waals surface area contributed by atoms with Crippen LogP contribution in [0.1, 0.15) is 5.56 Å². The van der Waals surface area contributed by atoms with Crippen LogP contribution >= 0.6 is 0 Å². The van der Waals surface area contributed by atoms with Gasteiger partial charge in [0, 0.05) is 24.8 Å². The number of fused-ring (bicyclic) bond motifs is 4. The summed E-state index contributed by atoms with van der Waals surface area (Å²) < 4.78 is 71.2. The number of nitrogens with one attached hydrogen (secondary N) is 1. The Morgan fingerprint density at radius 1 is 0.974 bits per heavy atom. The van der Waals surface area contributed by atoms with E-state index in [9.17, 15) is 36.2 Å². The van der Waals surface area contributed by atoms with E-state index in [-0.39, 0.29) is 11.4 Å². The lowest BCUT2D eigenvalue weighted by Crippen LogP contribution is -2.51. The van der Waals surface area contributed by atoms with Gasteiger partial charge in [0.1, 0.15) is 5.82 Å². The van der Waals surface area contributed by atoms with Crippen molar-refractivity contribution in [2.75, 3.05) is 28.2 Å². The van der Waals surface area contributed by atoms with Crippen LogP contribution in [0.3, 0.4) is 0 Å². The Labute approximate surface area is 216 Å². The normalized spacial score (nSPS) is 18.1. The molecule has 9 nitrogen and oxygen atoms in total. The van der Waals surface area contributed by atoms with Crippen LogP contribution in [-0.4, -0.2) is 63.6 Å². The lowest BCUT2D eigenvalue weighted by atomic mass is 10.1. The molecule has 2 atom stereocenters. The lowest BCUT2D eigenvalue weighted by molar-refractivity contribution is -0.192. The topological polar surface area (TPSA) is 119 Å². The number of carboxylic acid groups (broad SMARTS) is 1. The van der Waals surface area contributed by atoms with Crippen molar-refractivity contribution < 1.29 is 46.1 Å². The maximum absolute atomic E-state index is 13.2. The largest absolute Gasteiger partial charge is 0.490 e. The second-order valence-corrected chi connectivity index (χ2v) is 8.48. The zero-order valence-electron chi connectivity index (χ0n) is 19.6. The highest BCUT2D eigenvalue weighted by molar-refractivity contribution is 6.04. The van der Waals surface area contributed by atoms with Gasteiger partial charge in [-0.2, -0.15) is 26.3 Å². The maximum atomic E-state index is 13.2. The van der Waals surface area contributed by atoms with Gasteiger partial charge < -0.3 is 15.1 Å². The predicted octanol–water partition coefficient (Wildman–Crippen LogP) is 4.40. The third kappa shape index (κ3) is 6.03. The molecule has 2 aromatic heterocycles. The summed E-state index contributed by atoms with van der Waals surface area (Å²) in [5.74, 6) is -2.14. The zero-order chi connectivity index (χ0) is 28.5. The minimum Gasteiger partial charge on any atom is -0.475 e. The number of alkyl halides is 6. The third-order valence-electron chi connectivity index (χ3n) is 5.86. The second-order valence-electron chi connectivity index (χ2n) is 8.48. The van der Waals surface area contributed by atoms with E-state index in [4.69, 9.17) is 9.90 Å². The molecule has 2 aliphatic rings. The zero-order valence-corrected chi connectivity index (χ0v) is 19.6. The van der Waals surface area contributed by atoms with E-state index in [0.717, 1.165) is 12.1 Å². The average Bonchev–Trinajstić information content (AvgIpc) is 3.20. The van der Waals surface area contributed by atoms with Crippen LogP contribution in [0.15, 0.2) is 60.8 Å². The molecular weight excluding hydrogens is 536 g/mol.